The first kappa shape index (κ1) is 19.5. The summed E-state index contributed by atoms with van der Waals surface area (Å²) in [6, 6.07) is 8.15. The van der Waals surface area contributed by atoms with Gasteiger partial charge in [-0.25, -0.2) is 8.78 Å². The van der Waals surface area contributed by atoms with E-state index in [9.17, 15) is 13.6 Å². The number of rotatable bonds is 4. The number of anilines is 1. The number of carbonyl (C=O) groups excluding carboxylic acids is 1. The smallest absolute Gasteiger partial charge is 0.237 e. The van der Waals surface area contributed by atoms with Crippen LogP contribution in [0.15, 0.2) is 30.5 Å². The zero-order chi connectivity index (χ0) is 20.5. The fourth-order valence-electron chi connectivity index (χ4n) is 4.36. The average molecular weight is 399 g/mol. The van der Waals surface area contributed by atoms with Gasteiger partial charge in [0.1, 0.15) is 18.0 Å². The summed E-state index contributed by atoms with van der Waals surface area (Å²) in [4.78, 5) is 22.2. The lowest BCUT2D eigenvalue weighted by molar-refractivity contribution is -0.132. The van der Waals surface area contributed by atoms with Crippen molar-refractivity contribution in [1.82, 2.24) is 14.8 Å². The van der Waals surface area contributed by atoms with E-state index in [0.29, 0.717) is 12.1 Å². The molecule has 1 aromatic heterocycles. The molecule has 2 saturated heterocycles. The molecule has 6 nitrogen and oxygen atoms in total. The molecule has 1 amide bonds. The van der Waals surface area contributed by atoms with Gasteiger partial charge in [-0.1, -0.05) is 0 Å². The first-order chi connectivity index (χ1) is 14.0. The highest BCUT2D eigenvalue weighted by molar-refractivity contribution is 5.91. The molecule has 1 unspecified atom stereocenters. The van der Waals surface area contributed by atoms with E-state index in [4.69, 9.17) is 5.26 Å². The maximum atomic E-state index is 14.1. The Bertz CT molecular complexity index is 962. The Morgan fingerprint density at radius 1 is 1.41 bits per heavy atom. The number of pyridine rings is 1. The highest BCUT2D eigenvalue weighted by atomic mass is 19.1. The van der Waals surface area contributed by atoms with Gasteiger partial charge in [0.2, 0.25) is 5.91 Å². The Morgan fingerprint density at radius 2 is 2.24 bits per heavy atom. The van der Waals surface area contributed by atoms with Crippen LogP contribution in [0.3, 0.4) is 0 Å². The van der Waals surface area contributed by atoms with Crippen LogP contribution in [0.25, 0.3) is 10.9 Å². The summed E-state index contributed by atoms with van der Waals surface area (Å²) in [5.41, 5.74) is 1.38. The summed E-state index contributed by atoms with van der Waals surface area (Å²) in [6.07, 6.45) is 1.43. The Labute approximate surface area is 168 Å². The normalized spacial score (nSPS) is 24.8. The standard InChI is InChI=1S/C21H23F2N5O/c1-26(20-9-14(22)8-19-18(20)3-2-5-25-19)16-4-6-27(12-16)13-21(29)28-11-15(23)7-17(28)10-24/h2-3,5,8-9,15-17H,4,6-7,11-13H2,1H3/t15-,16-,17?/m0/s1. The van der Waals surface area contributed by atoms with Gasteiger partial charge >= 0.3 is 0 Å². The number of nitrogens with zero attached hydrogens (tertiary/aromatic N) is 5. The topological polar surface area (TPSA) is 63.5 Å². The van der Waals surface area contributed by atoms with Gasteiger partial charge in [0.05, 0.1) is 24.7 Å². The fourth-order valence-corrected chi connectivity index (χ4v) is 4.36. The lowest BCUT2D eigenvalue weighted by Gasteiger charge is -2.28. The molecule has 0 aliphatic carbocycles. The van der Waals surface area contributed by atoms with Gasteiger partial charge in [0.25, 0.3) is 0 Å². The number of carbonyl (C=O) groups is 1. The van der Waals surface area contributed by atoms with E-state index in [1.165, 1.54) is 17.0 Å². The SMILES string of the molecule is CN(c1cc(F)cc2ncccc12)[C@H]1CCN(CC(=O)N2C[C@@H](F)CC2C#N)C1. The quantitative estimate of drug-likeness (QED) is 0.790. The molecule has 1 aromatic carbocycles. The number of amides is 1. The minimum atomic E-state index is -1.13. The average Bonchev–Trinajstić information content (AvgIpc) is 3.33. The molecule has 29 heavy (non-hydrogen) atoms. The molecule has 0 saturated carbocycles. The Kier molecular flexibility index (Phi) is 5.33. The third kappa shape index (κ3) is 3.87. The van der Waals surface area contributed by atoms with E-state index in [2.05, 4.69) is 4.98 Å². The number of aromatic nitrogens is 1. The molecule has 0 radical (unpaired) electrons. The van der Waals surface area contributed by atoms with Crippen LogP contribution in [0.5, 0.6) is 0 Å². The van der Waals surface area contributed by atoms with Crippen molar-refractivity contribution in [3.05, 3.63) is 36.3 Å². The molecule has 8 heteroatoms. The van der Waals surface area contributed by atoms with Gasteiger partial charge in [-0.2, -0.15) is 5.26 Å². The third-order valence-corrected chi connectivity index (χ3v) is 5.92. The summed E-state index contributed by atoms with van der Waals surface area (Å²) in [5, 5.41) is 10.0. The number of alkyl halides is 1. The van der Waals surface area contributed by atoms with Crippen LogP contribution in [0.1, 0.15) is 12.8 Å². The van der Waals surface area contributed by atoms with E-state index < -0.39 is 12.2 Å². The molecule has 0 N–H and O–H groups in total. The summed E-state index contributed by atoms with van der Waals surface area (Å²) >= 11 is 0. The third-order valence-electron chi connectivity index (χ3n) is 5.92. The van der Waals surface area contributed by atoms with Gasteiger partial charge in [0.15, 0.2) is 0 Å². The molecule has 3 atom stereocenters. The zero-order valence-electron chi connectivity index (χ0n) is 16.3. The number of benzene rings is 1. The van der Waals surface area contributed by atoms with Crippen LogP contribution >= 0.6 is 0 Å². The highest BCUT2D eigenvalue weighted by Crippen LogP contribution is 2.30. The molecular weight excluding hydrogens is 376 g/mol. The number of likely N-dealkylation sites (N-methyl/N-ethyl adjacent to an activating group) is 1. The van der Waals surface area contributed by atoms with Crippen molar-refractivity contribution in [3.63, 3.8) is 0 Å². The van der Waals surface area contributed by atoms with E-state index >= 15 is 0 Å². The van der Waals surface area contributed by atoms with Crippen LogP contribution in [0.4, 0.5) is 14.5 Å². The van der Waals surface area contributed by atoms with Crippen LogP contribution in [0.2, 0.25) is 0 Å². The van der Waals surface area contributed by atoms with Crippen molar-refractivity contribution in [3.8, 4) is 6.07 Å². The molecule has 0 spiro atoms. The molecule has 2 aliphatic rings. The fraction of sp³-hybridized carbons (Fsp3) is 0.476. The Morgan fingerprint density at radius 3 is 3.03 bits per heavy atom. The number of fused-ring (bicyclic) bond motifs is 1. The van der Waals surface area contributed by atoms with Gasteiger partial charge in [-0.15, -0.1) is 0 Å². The number of halogens is 2. The van der Waals surface area contributed by atoms with E-state index in [1.807, 2.05) is 35.0 Å². The van der Waals surface area contributed by atoms with Crippen LogP contribution in [-0.2, 0) is 4.79 Å². The number of hydrogen-bond acceptors (Lipinski definition) is 5. The second-order valence-corrected chi connectivity index (χ2v) is 7.81. The first-order valence-electron chi connectivity index (χ1n) is 9.79. The maximum Gasteiger partial charge on any atom is 0.237 e. The maximum absolute atomic E-state index is 14.1. The molecule has 2 aliphatic heterocycles. The van der Waals surface area contributed by atoms with Crippen molar-refractivity contribution in [2.45, 2.75) is 31.1 Å². The lowest BCUT2D eigenvalue weighted by Crippen LogP contribution is -2.43. The lowest BCUT2D eigenvalue weighted by atomic mass is 10.1. The van der Waals surface area contributed by atoms with Gasteiger partial charge < -0.3 is 9.80 Å². The molecule has 2 fully saturated rings. The molecule has 152 valence electrons. The second-order valence-electron chi connectivity index (χ2n) is 7.81. The van der Waals surface area contributed by atoms with Gasteiger partial charge in [-0.3, -0.25) is 14.7 Å². The van der Waals surface area contributed by atoms with Crippen molar-refractivity contribution in [2.24, 2.45) is 0 Å². The first-order valence-corrected chi connectivity index (χ1v) is 9.79. The summed E-state index contributed by atoms with van der Waals surface area (Å²) in [5.74, 6) is -0.541. The largest absolute Gasteiger partial charge is 0.370 e. The number of likely N-dealkylation sites (tertiary alicyclic amines) is 2. The van der Waals surface area contributed by atoms with Crippen LogP contribution in [-0.4, -0.2) is 72.2 Å². The van der Waals surface area contributed by atoms with Crippen LogP contribution < -0.4 is 4.90 Å². The van der Waals surface area contributed by atoms with Gasteiger partial charge in [0, 0.05) is 55.9 Å². The number of hydrogen-bond donors (Lipinski definition) is 0. The molecule has 4 rings (SSSR count). The minimum Gasteiger partial charge on any atom is -0.370 e. The van der Waals surface area contributed by atoms with Crippen molar-refractivity contribution < 1.29 is 13.6 Å². The monoisotopic (exact) mass is 399 g/mol. The van der Waals surface area contributed by atoms with E-state index in [1.54, 1.807) is 6.20 Å². The Balaban J connectivity index is 1.44. The van der Waals surface area contributed by atoms with E-state index in [0.717, 1.165) is 24.0 Å². The Hall–Kier alpha value is -2.79. The predicted molar refractivity (Wildman–Crippen MR) is 106 cm³/mol. The predicted octanol–water partition coefficient (Wildman–Crippen LogP) is 2.35. The molecule has 3 heterocycles. The van der Waals surface area contributed by atoms with Crippen molar-refractivity contribution in [2.75, 3.05) is 38.1 Å². The van der Waals surface area contributed by atoms with Gasteiger partial charge in [-0.05, 0) is 24.6 Å². The summed E-state index contributed by atoms with van der Waals surface area (Å²) in [7, 11) is 1.93. The summed E-state index contributed by atoms with van der Waals surface area (Å²) < 4.78 is 27.7. The van der Waals surface area contributed by atoms with Crippen molar-refractivity contribution >= 4 is 22.5 Å². The minimum absolute atomic E-state index is 0.00346. The summed E-state index contributed by atoms with van der Waals surface area (Å²) in [6.45, 7) is 1.53. The van der Waals surface area contributed by atoms with E-state index in [-0.39, 0.29) is 37.3 Å². The second kappa shape index (κ2) is 7.91. The molecule has 2 aromatic rings. The molecular formula is C21H23F2N5O. The number of nitriles is 1. The van der Waals surface area contributed by atoms with Crippen molar-refractivity contribution in [1.29, 1.82) is 5.26 Å². The zero-order valence-corrected chi connectivity index (χ0v) is 16.3. The highest BCUT2D eigenvalue weighted by Gasteiger charge is 2.37. The molecule has 0 bridgehead atoms. The van der Waals surface area contributed by atoms with Crippen LogP contribution in [0, 0.1) is 17.1 Å².